The highest BCUT2D eigenvalue weighted by atomic mass is 16.5. The number of carbonyl (C=O) groups excluding carboxylic acids is 2. The molecular weight excluding hydrogens is 360 g/mol. The minimum absolute atomic E-state index is 0.0867. The number of hydrogen-bond acceptors (Lipinski definition) is 4. The molecule has 0 bridgehead atoms. The van der Waals surface area contributed by atoms with E-state index in [9.17, 15) is 14.4 Å². The monoisotopic (exact) mass is 388 g/mol. The number of unbranched alkanes of at least 4 members (excludes halogenated alkanes) is 1. The van der Waals surface area contributed by atoms with Crippen LogP contribution < -0.4 is 10.2 Å². The Kier molecular flexibility index (Phi) is 6.34. The lowest BCUT2D eigenvalue weighted by molar-refractivity contribution is -0.139. The Morgan fingerprint density at radius 2 is 2.07 bits per heavy atom. The number of anilines is 1. The molecular formula is C21H28N2O5. The van der Waals surface area contributed by atoms with Crippen molar-refractivity contribution in [1.82, 2.24) is 5.32 Å². The fourth-order valence-electron chi connectivity index (χ4n) is 3.90. The van der Waals surface area contributed by atoms with Crippen LogP contribution in [0.4, 0.5) is 5.69 Å². The molecule has 0 radical (unpaired) electrons. The highest BCUT2D eigenvalue weighted by molar-refractivity contribution is 6.00. The second-order valence-corrected chi connectivity index (χ2v) is 7.82. The summed E-state index contributed by atoms with van der Waals surface area (Å²) in [4.78, 5) is 38.0. The molecule has 2 aliphatic heterocycles. The first-order chi connectivity index (χ1) is 13.4. The summed E-state index contributed by atoms with van der Waals surface area (Å²) in [5.41, 5.74) is 1.16. The minimum atomic E-state index is -0.974. The van der Waals surface area contributed by atoms with E-state index >= 15 is 0 Å². The second kappa shape index (κ2) is 8.73. The number of rotatable bonds is 8. The van der Waals surface area contributed by atoms with Crippen LogP contribution in [0.5, 0.6) is 0 Å². The van der Waals surface area contributed by atoms with Gasteiger partial charge in [0.05, 0.1) is 24.5 Å². The molecule has 0 saturated carbocycles. The molecule has 2 heterocycles. The maximum Gasteiger partial charge on any atom is 0.305 e. The fourth-order valence-corrected chi connectivity index (χ4v) is 3.90. The first-order valence-electron chi connectivity index (χ1n) is 9.93. The van der Waals surface area contributed by atoms with Crippen LogP contribution in [0.3, 0.4) is 0 Å². The summed E-state index contributed by atoms with van der Waals surface area (Å²) in [6.45, 7) is 3.08. The average Bonchev–Trinajstić information content (AvgIpc) is 3.26. The first kappa shape index (κ1) is 20.3. The van der Waals surface area contributed by atoms with Gasteiger partial charge in [0, 0.05) is 25.3 Å². The van der Waals surface area contributed by atoms with E-state index in [2.05, 4.69) is 12.2 Å². The van der Waals surface area contributed by atoms with Crippen LogP contribution >= 0.6 is 0 Å². The number of carbonyl (C=O) groups is 3. The summed E-state index contributed by atoms with van der Waals surface area (Å²) in [5.74, 6) is -1.82. The molecule has 0 spiro atoms. The summed E-state index contributed by atoms with van der Waals surface area (Å²) < 4.78 is 5.32. The van der Waals surface area contributed by atoms with Gasteiger partial charge < -0.3 is 20.1 Å². The Labute approximate surface area is 165 Å². The van der Waals surface area contributed by atoms with E-state index in [-0.39, 0.29) is 31.3 Å². The summed E-state index contributed by atoms with van der Waals surface area (Å²) in [7, 11) is 0. The molecule has 3 rings (SSSR count). The number of benzene rings is 1. The molecule has 2 N–H and O–H groups in total. The number of ether oxygens (including phenoxy) is 1. The van der Waals surface area contributed by atoms with Crippen molar-refractivity contribution >= 4 is 23.5 Å². The van der Waals surface area contributed by atoms with Crippen LogP contribution in [0.1, 0.15) is 44.6 Å². The van der Waals surface area contributed by atoms with Crippen molar-refractivity contribution < 1.29 is 24.2 Å². The van der Waals surface area contributed by atoms with Gasteiger partial charge in [-0.2, -0.15) is 0 Å². The zero-order valence-electron chi connectivity index (χ0n) is 16.3. The molecule has 1 aromatic rings. The Bertz CT molecular complexity index is 725. The molecule has 0 aromatic heterocycles. The molecule has 7 nitrogen and oxygen atoms in total. The minimum Gasteiger partial charge on any atom is -0.481 e. The van der Waals surface area contributed by atoms with E-state index in [1.54, 1.807) is 4.90 Å². The summed E-state index contributed by atoms with van der Waals surface area (Å²) in [6.07, 6.45) is 3.71. The van der Waals surface area contributed by atoms with Gasteiger partial charge in [0.15, 0.2) is 0 Å². The van der Waals surface area contributed by atoms with Gasteiger partial charge in [-0.05, 0) is 37.0 Å². The zero-order chi connectivity index (χ0) is 20.1. The molecule has 0 aliphatic carbocycles. The third kappa shape index (κ3) is 4.70. The van der Waals surface area contributed by atoms with Gasteiger partial charge in [-0.15, -0.1) is 0 Å². The van der Waals surface area contributed by atoms with Crippen LogP contribution in [-0.4, -0.2) is 48.2 Å². The number of aliphatic carboxylic acids is 1. The molecule has 2 amide bonds. The smallest absolute Gasteiger partial charge is 0.305 e. The quantitative estimate of drug-likeness (QED) is 0.711. The molecule has 2 atom stereocenters. The van der Waals surface area contributed by atoms with Gasteiger partial charge in [0.25, 0.3) is 0 Å². The Hall–Kier alpha value is -2.41. The highest BCUT2D eigenvalue weighted by Gasteiger charge is 2.42. The van der Waals surface area contributed by atoms with Gasteiger partial charge in [0.2, 0.25) is 11.8 Å². The SMILES string of the molecule is CCCCc1ccc(N2CC(C(=O)NC3(CC(=O)O)CCOC3)CC2=O)cc1. The maximum absolute atomic E-state index is 12.7. The first-order valence-corrected chi connectivity index (χ1v) is 9.93. The van der Waals surface area contributed by atoms with Crippen molar-refractivity contribution in [2.24, 2.45) is 5.92 Å². The number of aryl methyl sites for hydroxylation is 1. The summed E-state index contributed by atoms with van der Waals surface area (Å²) >= 11 is 0. The van der Waals surface area contributed by atoms with Crippen molar-refractivity contribution in [2.75, 3.05) is 24.7 Å². The van der Waals surface area contributed by atoms with E-state index in [1.165, 1.54) is 5.56 Å². The lowest BCUT2D eigenvalue weighted by atomic mass is 9.93. The van der Waals surface area contributed by atoms with Crippen molar-refractivity contribution in [3.63, 3.8) is 0 Å². The maximum atomic E-state index is 12.7. The van der Waals surface area contributed by atoms with Crippen LogP contribution in [0, 0.1) is 5.92 Å². The second-order valence-electron chi connectivity index (χ2n) is 7.82. The standard InChI is InChI=1S/C21H28N2O5/c1-2-3-4-15-5-7-17(8-6-15)23-13-16(11-18(23)24)20(27)22-21(12-19(25)26)9-10-28-14-21/h5-8,16H,2-4,9-14H2,1H3,(H,22,27)(H,25,26). The zero-order valence-corrected chi connectivity index (χ0v) is 16.3. The van der Waals surface area contributed by atoms with Crippen molar-refractivity contribution in [1.29, 1.82) is 0 Å². The number of carboxylic acid groups (broad SMARTS) is 1. The number of hydrogen-bond donors (Lipinski definition) is 2. The van der Waals surface area contributed by atoms with Crippen LogP contribution in [-0.2, 0) is 25.5 Å². The molecule has 2 unspecified atom stereocenters. The largest absolute Gasteiger partial charge is 0.481 e. The molecule has 1 aromatic carbocycles. The molecule has 152 valence electrons. The van der Waals surface area contributed by atoms with Crippen molar-refractivity contribution in [3.8, 4) is 0 Å². The fraction of sp³-hybridized carbons (Fsp3) is 0.571. The number of carboxylic acids is 1. The Morgan fingerprint density at radius 1 is 1.32 bits per heavy atom. The predicted octanol–water partition coefficient (Wildman–Crippen LogP) is 2.13. The van der Waals surface area contributed by atoms with Gasteiger partial charge in [0.1, 0.15) is 0 Å². The van der Waals surface area contributed by atoms with Crippen molar-refractivity contribution in [2.45, 2.75) is 51.0 Å². The third-order valence-electron chi connectivity index (χ3n) is 5.54. The van der Waals surface area contributed by atoms with E-state index < -0.39 is 17.4 Å². The Balaban J connectivity index is 1.63. The molecule has 7 heteroatoms. The lowest BCUT2D eigenvalue weighted by Crippen LogP contribution is -2.52. The van der Waals surface area contributed by atoms with Gasteiger partial charge >= 0.3 is 5.97 Å². The van der Waals surface area contributed by atoms with E-state index in [0.29, 0.717) is 19.6 Å². The van der Waals surface area contributed by atoms with Crippen LogP contribution in [0.15, 0.2) is 24.3 Å². The van der Waals surface area contributed by atoms with Gasteiger partial charge in [-0.3, -0.25) is 14.4 Å². The lowest BCUT2D eigenvalue weighted by Gasteiger charge is -2.28. The molecule has 2 saturated heterocycles. The molecule has 2 aliphatic rings. The summed E-state index contributed by atoms with van der Waals surface area (Å²) in [6, 6.07) is 7.92. The predicted molar refractivity (Wildman–Crippen MR) is 104 cm³/mol. The number of amides is 2. The van der Waals surface area contributed by atoms with E-state index in [0.717, 1.165) is 24.9 Å². The summed E-state index contributed by atoms with van der Waals surface area (Å²) in [5, 5.41) is 12.0. The average molecular weight is 388 g/mol. The van der Waals surface area contributed by atoms with E-state index in [4.69, 9.17) is 9.84 Å². The topological polar surface area (TPSA) is 95.9 Å². The third-order valence-corrected chi connectivity index (χ3v) is 5.54. The van der Waals surface area contributed by atoms with Gasteiger partial charge in [-0.1, -0.05) is 25.5 Å². The van der Waals surface area contributed by atoms with E-state index in [1.807, 2.05) is 24.3 Å². The molecule has 28 heavy (non-hydrogen) atoms. The highest BCUT2D eigenvalue weighted by Crippen LogP contribution is 2.28. The normalized spacial score (nSPS) is 24.5. The van der Waals surface area contributed by atoms with Crippen molar-refractivity contribution in [3.05, 3.63) is 29.8 Å². The van der Waals surface area contributed by atoms with Gasteiger partial charge in [-0.25, -0.2) is 0 Å². The Morgan fingerprint density at radius 3 is 2.68 bits per heavy atom. The van der Waals surface area contributed by atoms with Crippen LogP contribution in [0.2, 0.25) is 0 Å². The number of nitrogens with zero attached hydrogens (tertiary/aromatic N) is 1. The number of nitrogens with one attached hydrogen (secondary N) is 1. The molecule has 2 fully saturated rings. The van der Waals surface area contributed by atoms with Crippen LogP contribution in [0.25, 0.3) is 0 Å².